The van der Waals surface area contributed by atoms with E-state index in [2.05, 4.69) is 5.32 Å². The zero-order valence-corrected chi connectivity index (χ0v) is 11.2. The summed E-state index contributed by atoms with van der Waals surface area (Å²) >= 11 is 0. The number of nitrogen functional groups attached to an aromatic ring is 1. The lowest BCUT2D eigenvalue weighted by Crippen LogP contribution is -2.14. The second-order valence-corrected chi connectivity index (χ2v) is 4.39. The molecule has 0 unspecified atom stereocenters. The van der Waals surface area contributed by atoms with Crippen LogP contribution in [0.15, 0.2) is 36.4 Å². The second-order valence-electron chi connectivity index (χ2n) is 4.39. The topological polar surface area (TPSA) is 64.3 Å². The second kappa shape index (κ2) is 5.61. The first kappa shape index (κ1) is 13.9. The molecule has 0 aromatic heterocycles. The van der Waals surface area contributed by atoms with E-state index < -0.39 is 5.82 Å². The normalized spacial score (nSPS) is 10.2. The highest BCUT2D eigenvalue weighted by Gasteiger charge is 2.11. The van der Waals surface area contributed by atoms with Gasteiger partial charge < -0.3 is 15.8 Å². The fourth-order valence-corrected chi connectivity index (χ4v) is 1.80. The number of nitrogens with one attached hydrogen (secondary N) is 1. The highest BCUT2D eigenvalue weighted by Crippen LogP contribution is 2.22. The number of halogens is 1. The minimum Gasteiger partial charge on any atom is -0.494 e. The first-order valence-corrected chi connectivity index (χ1v) is 6.02. The van der Waals surface area contributed by atoms with Crippen LogP contribution >= 0.6 is 0 Å². The van der Waals surface area contributed by atoms with E-state index in [1.54, 1.807) is 12.1 Å². The van der Waals surface area contributed by atoms with Crippen LogP contribution in [0.1, 0.15) is 15.9 Å². The number of hydrogen-bond acceptors (Lipinski definition) is 3. The molecule has 0 aliphatic rings. The number of aryl methyl sites for hydroxylation is 1. The zero-order chi connectivity index (χ0) is 14.7. The van der Waals surface area contributed by atoms with Gasteiger partial charge in [-0.2, -0.15) is 0 Å². The van der Waals surface area contributed by atoms with Crippen LogP contribution in [0.2, 0.25) is 0 Å². The molecule has 0 heterocycles. The predicted octanol–water partition coefficient (Wildman–Crippen LogP) is 2.98. The molecule has 4 nitrogen and oxygen atoms in total. The van der Waals surface area contributed by atoms with Crippen LogP contribution in [-0.2, 0) is 0 Å². The summed E-state index contributed by atoms with van der Waals surface area (Å²) < 4.78 is 18.2. The number of carbonyl (C=O) groups excluding carboxylic acids is 1. The van der Waals surface area contributed by atoms with Crippen molar-refractivity contribution in [3.8, 4) is 5.75 Å². The Labute approximate surface area is 116 Å². The molecule has 2 rings (SSSR count). The Hall–Kier alpha value is -2.56. The molecule has 0 aliphatic carbocycles. The highest BCUT2D eigenvalue weighted by molar-refractivity contribution is 6.07. The van der Waals surface area contributed by atoms with Crippen LogP contribution in [0, 0.1) is 12.7 Å². The van der Waals surface area contributed by atoms with Crippen LogP contribution in [-0.4, -0.2) is 13.0 Å². The van der Waals surface area contributed by atoms with Crippen LogP contribution < -0.4 is 15.8 Å². The summed E-state index contributed by atoms with van der Waals surface area (Å²) in [5.74, 6) is -0.763. The zero-order valence-electron chi connectivity index (χ0n) is 11.2. The van der Waals surface area contributed by atoms with Gasteiger partial charge in [-0.3, -0.25) is 4.79 Å². The van der Waals surface area contributed by atoms with E-state index in [0.29, 0.717) is 16.9 Å². The number of rotatable bonds is 3. The SMILES string of the molecule is COc1cc(NC(=O)c2cc(C)ccc2N)ccc1F. The fourth-order valence-electron chi connectivity index (χ4n) is 1.80. The van der Waals surface area contributed by atoms with Gasteiger partial charge in [0.1, 0.15) is 0 Å². The molecular weight excluding hydrogens is 259 g/mol. The van der Waals surface area contributed by atoms with Gasteiger partial charge in [-0.25, -0.2) is 4.39 Å². The number of anilines is 2. The van der Waals surface area contributed by atoms with Crippen LogP contribution in [0.25, 0.3) is 0 Å². The quantitative estimate of drug-likeness (QED) is 0.846. The number of ether oxygens (including phenoxy) is 1. The molecule has 20 heavy (non-hydrogen) atoms. The molecule has 0 spiro atoms. The third-order valence-corrected chi connectivity index (χ3v) is 2.86. The minimum absolute atomic E-state index is 0.0695. The van der Waals surface area contributed by atoms with Crippen LogP contribution in [0.5, 0.6) is 5.75 Å². The molecule has 104 valence electrons. The number of carbonyl (C=O) groups is 1. The van der Waals surface area contributed by atoms with Crippen molar-refractivity contribution in [1.82, 2.24) is 0 Å². The molecule has 3 N–H and O–H groups in total. The van der Waals surface area contributed by atoms with Crippen molar-refractivity contribution >= 4 is 17.3 Å². The van der Waals surface area contributed by atoms with Gasteiger partial charge in [0.2, 0.25) is 0 Å². The van der Waals surface area contributed by atoms with E-state index in [1.165, 1.54) is 25.3 Å². The van der Waals surface area contributed by atoms with Gasteiger partial charge in [0.25, 0.3) is 5.91 Å². The third kappa shape index (κ3) is 2.88. The molecule has 0 saturated carbocycles. The van der Waals surface area contributed by atoms with Gasteiger partial charge in [0.15, 0.2) is 11.6 Å². The Balaban J connectivity index is 2.25. The van der Waals surface area contributed by atoms with Crippen molar-refractivity contribution in [2.45, 2.75) is 6.92 Å². The predicted molar refractivity (Wildman–Crippen MR) is 76.5 cm³/mol. The standard InChI is InChI=1S/C15H15FN2O2/c1-9-3-6-13(17)11(7-9)15(19)18-10-4-5-12(16)14(8-10)20-2/h3-8H,17H2,1-2H3,(H,18,19). The smallest absolute Gasteiger partial charge is 0.257 e. The minimum atomic E-state index is -0.486. The average Bonchev–Trinajstić information content (AvgIpc) is 2.43. The summed E-state index contributed by atoms with van der Waals surface area (Å²) in [6.45, 7) is 1.87. The summed E-state index contributed by atoms with van der Waals surface area (Å²) in [6, 6.07) is 9.31. The van der Waals surface area contributed by atoms with Crippen LogP contribution in [0.4, 0.5) is 15.8 Å². The van der Waals surface area contributed by atoms with Crippen molar-refractivity contribution in [2.75, 3.05) is 18.2 Å². The van der Waals surface area contributed by atoms with Gasteiger partial charge in [0.05, 0.1) is 12.7 Å². The Morgan fingerprint density at radius 2 is 2.00 bits per heavy atom. The van der Waals surface area contributed by atoms with Gasteiger partial charge in [-0.1, -0.05) is 11.6 Å². The van der Waals surface area contributed by atoms with Gasteiger partial charge in [0, 0.05) is 17.4 Å². The molecule has 0 bridgehead atoms. The molecule has 0 atom stereocenters. The Morgan fingerprint density at radius 1 is 1.25 bits per heavy atom. The molecule has 0 aliphatic heterocycles. The van der Waals surface area contributed by atoms with E-state index in [0.717, 1.165) is 5.56 Å². The molecule has 0 radical (unpaired) electrons. The maximum Gasteiger partial charge on any atom is 0.257 e. The highest BCUT2D eigenvalue weighted by atomic mass is 19.1. The fraction of sp³-hybridized carbons (Fsp3) is 0.133. The molecule has 0 saturated heterocycles. The van der Waals surface area contributed by atoms with E-state index in [-0.39, 0.29) is 11.7 Å². The van der Waals surface area contributed by atoms with Crippen molar-refractivity contribution in [2.24, 2.45) is 0 Å². The summed E-state index contributed by atoms with van der Waals surface area (Å²) in [5, 5.41) is 2.66. The molecular formula is C15H15FN2O2. The summed E-state index contributed by atoms with van der Waals surface area (Å²) in [5.41, 5.74) is 7.92. The van der Waals surface area contributed by atoms with Gasteiger partial charge in [-0.15, -0.1) is 0 Å². The van der Waals surface area contributed by atoms with E-state index in [9.17, 15) is 9.18 Å². The molecule has 5 heteroatoms. The van der Waals surface area contributed by atoms with E-state index in [4.69, 9.17) is 10.5 Å². The van der Waals surface area contributed by atoms with Gasteiger partial charge in [-0.05, 0) is 31.2 Å². The maximum atomic E-state index is 13.3. The lowest BCUT2D eigenvalue weighted by atomic mass is 10.1. The van der Waals surface area contributed by atoms with Crippen molar-refractivity contribution in [3.63, 3.8) is 0 Å². The number of benzene rings is 2. The summed E-state index contributed by atoms with van der Waals surface area (Å²) in [6.07, 6.45) is 0. The first-order chi connectivity index (χ1) is 9.51. The first-order valence-electron chi connectivity index (χ1n) is 6.02. The molecule has 1 amide bonds. The Morgan fingerprint density at radius 3 is 2.70 bits per heavy atom. The lowest BCUT2D eigenvalue weighted by molar-refractivity contribution is 0.102. The largest absolute Gasteiger partial charge is 0.494 e. The third-order valence-electron chi connectivity index (χ3n) is 2.86. The van der Waals surface area contributed by atoms with E-state index >= 15 is 0 Å². The number of amides is 1. The summed E-state index contributed by atoms with van der Waals surface area (Å²) in [7, 11) is 1.36. The number of methoxy groups -OCH3 is 1. The molecule has 2 aromatic rings. The van der Waals surface area contributed by atoms with Crippen LogP contribution in [0.3, 0.4) is 0 Å². The Kier molecular flexibility index (Phi) is 3.89. The lowest BCUT2D eigenvalue weighted by Gasteiger charge is -2.10. The average molecular weight is 274 g/mol. The van der Waals surface area contributed by atoms with Crippen molar-refractivity contribution < 1.29 is 13.9 Å². The molecule has 2 aromatic carbocycles. The number of hydrogen-bond donors (Lipinski definition) is 2. The molecule has 0 fully saturated rings. The van der Waals surface area contributed by atoms with Crippen molar-refractivity contribution in [3.05, 3.63) is 53.3 Å². The maximum absolute atomic E-state index is 13.3. The monoisotopic (exact) mass is 274 g/mol. The van der Waals surface area contributed by atoms with E-state index in [1.807, 2.05) is 13.0 Å². The number of nitrogens with two attached hydrogens (primary N) is 1. The van der Waals surface area contributed by atoms with Crippen molar-refractivity contribution in [1.29, 1.82) is 0 Å². The summed E-state index contributed by atoms with van der Waals surface area (Å²) in [4.78, 5) is 12.1. The van der Waals surface area contributed by atoms with Gasteiger partial charge >= 0.3 is 0 Å². The Bertz CT molecular complexity index is 656.